The minimum atomic E-state index is -0.475. The number of aliphatic hydroxyl groups excluding tert-OH is 1. The number of rotatable bonds is 12. The van der Waals surface area contributed by atoms with Crippen molar-refractivity contribution in [2.75, 3.05) is 34.4 Å². The third-order valence-electron chi connectivity index (χ3n) is 4.84. The van der Waals surface area contributed by atoms with E-state index in [9.17, 15) is 5.11 Å². The number of unbranched alkanes of at least 4 members (excludes halogenated alkanes) is 1. The molecule has 0 radical (unpaired) electrons. The van der Waals surface area contributed by atoms with Crippen LogP contribution >= 0.6 is 0 Å². The van der Waals surface area contributed by atoms with Gasteiger partial charge in [-0.05, 0) is 38.7 Å². The van der Waals surface area contributed by atoms with Gasteiger partial charge in [-0.15, -0.1) is 0 Å². The van der Waals surface area contributed by atoms with Gasteiger partial charge in [-0.25, -0.2) is 0 Å². The molecule has 0 heterocycles. The maximum atomic E-state index is 10.4. The molecule has 0 saturated heterocycles. The smallest absolute Gasteiger partial charge is 0.188 e. The second-order valence-corrected chi connectivity index (χ2v) is 7.38. The molecule has 0 aliphatic heterocycles. The highest BCUT2D eigenvalue weighted by Gasteiger charge is 2.32. The van der Waals surface area contributed by atoms with E-state index in [4.69, 9.17) is 18.9 Å². The number of allylic oxidation sites excluding steroid dienone is 2. The van der Waals surface area contributed by atoms with Crippen LogP contribution in [0.4, 0.5) is 0 Å². The summed E-state index contributed by atoms with van der Waals surface area (Å²) < 4.78 is 21.4. The maximum absolute atomic E-state index is 10.4. The number of para-hydroxylation sites is 1. The molecule has 1 aromatic carbocycles. The standard InChI is InChI=1S/C23H34O5/c1-17(2)14-21-19(11-12-22(21)24)20-10-7-9-18(23(20)28-16-26-4)8-5-6-13-27-15-25-3/h7,9-12,14,19,21-22,24H,5-6,8,13,15-16H2,1-4H3/t19-,21-,22?/m1/s1. The van der Waals surface area contributed by atoms with Gasteiger partial charge in [0.2, 0.25) is 0 Å². The van der Waals surface area contributed by atoms with Crippen molar-refractivity contribution in [1.82, 2.24) is 0 Å². The number of aryl methyl sites for hydroxylation is 1. The fraction of sp³-hybridized carbons (Fsp3) is 0.565. The summed E-state index contributed by atoms with van der Waals surface area (Å²) in [4.78, 5) is 0. The Hall–Kier alpha value is -1.66. The van der Waals surface area contributed by atoms with Gasteiger partial charge >= 0.3 is 0 Å². The molecule has 0 amide bonds. The Kier molecular flexibility index (Phi) is 9.71. The van der Waals surface area contributed by atoms with Crippen molar-refractivity contribution in [2.45, 2.75) is 45.1 Å². The molecule has 1 aliphatic carbocycles. The molecule has 28 heavy (non-hydrogen) atoms. The van der Waals surface area contributed by atoms with Gasteiger partial charge in [-0.1, -0.05) is 42.0 Å². The molecule has 1 aromatic rings. The Bertz CT molecular complexity index is 648. The molecule has 5 heteroatoms. The third-order valence-corrected chi connectivity index (χ3v) is 4.84. The van der Waals surface area contributed by atoms with E-state index in [-0.39, 0.29) is 18.6 Å². The first-order valence-electron chi connectivity index (χ1n) is 9.90. The van der Waals surface area contributed by atoms with Gasteiger partial charge < -0.3 is 24.1 Å². The molecular formula is C23H34O5. The van der Waals surface area contributed by atoms with Crippen LogP contribution in [-0.4, -0.2) is 45.6 Å². The first-order chi connectivity index (χ1) is 13.6. The number of ether oxygens (including phenoxy) is 4. The van der Waals surface area contributed by atoms with E-state index in [0.29, 0.717) is 13.4 Å². The molecule has 0 aromatic heterocycles. The van der Waals surface area contributed by atoms with Gasteiger partial charge in [0.25, 0.3) is 0 Å². The van der Waals surface area contributed by atoms with Crippen LogP contribution in [0.5, 0.6) is 5.75 Å². The van der Waals surface area contributed by atoms with E-state index in [1.54, 1.807) is 14.2 Å². The van der Waals surface area contributed by atoms with Gasteiger partial charge in [0.1, 0.15) is 12.5 Å². The van der Waals surface area contributed by atoms with Crippen LogP contribution in [0.25, 0.3) is 0 Å². The molecule has 156 valence electrons. The third kappa shape index (κ3) is 6.45. The van der Waals surface area contributed by atoms with Crippen LogP contribution < -0.4 is 4.74 Å². The van der Waals surface area contributed by atoms with Crippen molar-refractivity contribution >= 4 is 0 Å². The van der Waals surface area contributed by atoms with Gasteiger partial charge in [-0.3, -0.25) is 0 Å². The summed E-state index contributed by atoms with van der Waals surface area (Å²) in [6.45, 7) is 5.34. The van der Waals surface area contributed by atoms with Gasteiger partial charge in [0.05, 0.1) is 6.10 Å². The summed E-state index contributed by atoms with van der Waals surface area (Å²) in [6, 6.07) is 6.27. The molecule has 5 nitrogen and oxygen atoms in total. The average Bonchev–Trinajstić information content (AvgIpc) is 3.03. The van der Waals surface area contributed by atoms with E-state index < -0.39 is 6.10 Å². The molecule has 0 spiro atoms. The number of hydrogen-bond donors (Lipinski definition) is 1. The van der Waals surface area contributed by atoms with Crippen LogP contribution in [0.3, 0.4) is 0 Å². The zero-order valence-corrected chi connectivity index (χ0v) is 17.5. The highest BCUT2D eigenvalue weighted by atomic mass is 16.7. The molecule has 2 rings (SSSR count). The lowest BCUT2D eigenvalue weighted by Crippen LogP contribution is -2.18. The van der Waals surface area contributed by atoms with Crippen molar-refractivity contribution in [2.24, 2.45) is 5.92 Å². The Labute approximate surface area is 168 Å². The number of hydrogen-bond acceptors (Lipinski definition) is 5. The highest BCUT2D eigenvalue weighted by Crippen LogP contribution is 2.42. The van der Waals surface area contributed by atoms with Crippen LogP contribution in [0.1, 0.15) is 43.7 Å². The highest BCUT2D eigenvalue weighted by molar-refractivity contribution is 5.47. The van der Waals surface area contributed by atoms with Crippen molar-refractivity contribution < 1.29 is 24.1 Å². The van der Waals surface area contributed by atoms with E-state index in [1.165, 1.54) is 5.57 Å². The predicted octanol–water partition coefficient (Wildman–Crippen LogP) is 4.21. The minimum absolute atomic E-state index is 0.0209. The second-order valence-electron chi connectivity index (χ2n) is 7.38. The van der Waals surface area contributed by atoms with E-state index in [0.717, 1.165) is 36.1 Å². The SMILES string of the molecule is COCOCCCCc1cccc([C@H]2C=CC(O)[C@@H]2C=C(C)C)c1OCOC. The van der Waals surface area contributed by atoms with Crippen LogP contribution in [-0.2, 0) is 20.6 Å². The van der Waals surface area contributed by atoms with E-state index in [2.05, 4.69) is 44.2 Å². The lowest BCUT2D eigenvalue weighted by atomic mass is 9.84. The molecule has 0 saturated carbocycles. The van der Waals surface area contributed by atoms with Crippen LogP contribution in [0, 0.1) is 5.92 Å². The zero-order valence-electron chi connectivity index (χ0n) is 17.5. The van der Waals surface area contributed by atoms with Crippen LogP contribution in [0.2, 0.25) is 0 Å². The van der Waals surface area contributed by atoms with Gasteiger partial charge in [0.15, 0.2) is 6.79 Å². The molecule has 0 bridgehead atoms. The average molecular weight is 391 g/mol. The topological polar surface area (TPSA) is 57.2 Å². The fourth-order valence-corrected chi connectivity index (χ4v) is 3.62. The Morgan fingerprint density at radius 1 is 1.07 bits per heavy atom. The summed E-state index contributed by atoms with van der Waals surface area (Å²) in [7, 11) is 3.25. The normalized spacial score (nSPS) is 21.1. The minimum Gasteiger partial charge on any atom is -0.467 e. The maximum Gasteiger partial charge on any atom is 0.188 e. The Morgan fingerprint density at radius 2 is 1.86 bits per heavy atom. The number of methoxy groups -OCH3 is 2. The largest absolute Gasteiger partial charge is 0.467 e. The quantitative estimate of drug-likeness (QED) is 0.329. The summed E-state index contributed by atoms with van der Waals surface area (Å²) in [5.74, 6) is 0.979. The lowest BCUT2D eigenvalue weighted by Gasteiger charge is -2.24. The molecule has 1 aliphatic rings. The molecular weight excluding hydrogens is 356 g/mol. The molecule has 1 unspecified atom stereocenters. The summed E-state index contributed by atoms with van der Waals surface area (Å²) in [5.41, 5.74) is 3.46. The number of aliphatic hydroxyl groups is 1. The van der Waals surface area contributed by atoms with Crippen LogP contribution in [0.15, 0.2) is 42.0 Å². The molecule has 0 fully saturated rings. The Balaban J connectivity index is 2.19. The number of benzene rings is 1. The Morgan fingerprint density at radius 3 is 2.57 bits per heavy atom. The second kappa shape index (κ2) is 12.0. The van der Waals surface area contributed by atoms with E-state index >= 15 is 0 Å². The fourth-order valence-electron chi connectivity index (χ4n) is 3.62. The van der Waals surface area contributed by atoms with Gasteiger partial charge in [0, 0.05) is 38.2 Å². The van der Waals surface area contributed by atoms with Crippen molar-refractivity contribution in [3.63, 3.8) is 0 Å². The zero-order chi connectivity index (χ0) is 20.4. The predicted molar refractivity (Wildman–Crippen MR) is 111 cm³/mol. The lowest BCUT2D eigenvalue weighted by molar-refractivity contribution is -0.0314. The van der Waals surface area contributed by atoms with Crippen molar-refractivity contribution in [3.05, 3.63) is 53.1 Å². The first-order valence-corrected chi connectivity index (χ1v) is 9.90. The summed E-state index contributed by atoms with van der Waals surface area (Å²) in [6.07, 6.45) is 8.50. The summed E-state index contributed by atoms with van der Waals surface area (Å²) >= 11 is 0. The van der Waals surface area contributed by atoms with Gasteiger partial charge in [-0.2, -0.15) is 0 Å². The monoisotopic (exact) mass is 390 g/mol. The first kappa shape index (κ1) is 22.6. The molecule has 1 N–H and O–H groups in total. The van der Waals surface area contributed by atoms with E-state index in [1.807, 2.05) is 6.08 Å². The molecule has 3 atom stereocenters. The van der Waals surface area contributed by atoms with Crippen molar-refractivity contribution in [3.8, 4) is 5.75 Å². The van der Waals surface area contributed by atoms with Crippen molar-refractivity contribution in [1.29, 1.82) is 0 Å². The summed E-state index contributed by atoms with van der Waals surface area (Å²) in [5, 5.41) is 10.4.